The standard InChI is InChI=1S/C13H13BF3N2O4.K/c1-13(2,3)23-12(20)18-10-5-4-9(19(21)22)6-8(10)7-11(18)14(15,16)17;/h4-7H,1-3H3;/q-1;+1. The summed E-state index contributed by atoms with van der Waals surface area (Å²) in [5.74, 6) is 0. The molecule has 11 heteroatoms. The van der Waals surface area contributed by atoms with E-state index in [9.17, 15) is 27.9 Å². The molecule has 0 aliphatic heterocycles. The monoisotopic (exact) mass is 368 g/mol. The van der Waals surface area contributed by atoms with Crippen LogP contribution in [0.4, 0.5) is 23.4 Å². The van der Waals surface area contributed by atoms with Gasteiger partial charge < -0.3 is 17.7 Å². The molecule has 124 valence electrons. The maximum Gasteiger partial charge on any atom is 1.00 e. The maximum absolute atomic E-state index is 13.2. The molecule has 0 unspecified atom stereocenters. The molecule has 0 bridgehead atoms. The number of hydrogen-bond donors (Lipinski definition) is 0. The summed E-state index contributed by atoms with van der Waals surface area (Å²) in [5.41, 5.74) is -2.63. The summed E-state index contributed by atoms with van der Waals surface area (Å²) in [5, 5.41) is 10.7. The van der Waals surface area contributed by atoms with Gasteiger partial charge in [0.1, 0.15) is 5.60 Å². The van der Waals surface area contributed by atoms with Crippen molar-refractivity contribution in [2.75, 3.05) is 0 Å². The van der Waals surface area contributed by atoms with Crippen molar-refractivity contribution < 1.29 is 78.8 Å². The number of non-ortho nitro benzene ring substituents is 1. The number of nitro benzene ring substituents is 1. The van der Waals surface area contributed by atoms with Crippen LogP contribution in [0.5, 0.6) is 0 Å². The van der Waals surface area contributed by atoms with Gasteiger partial charge in [-0.25, -0.2) is 4.79 Å². The van der Waals surface area contributed by atoms with E-state index in [-0.39, 0.29) is 68.0 Å². The number of benzene rings is 1. The van der Waals surface area contributed by atoms with E-state index in [1.165, 1.54) is 20.8 Å². The zero-order chi connectivity index (χ0) is 17.6. The fourth-order valence-electron chi connectivity index (χ4n) is 2.09. The van der Waals surface area contributed by atoms with Crippen LogP contribution in [0.25, 0.3) is 10.9 Å². The molecule has 1 aromatic heterocycles. The minimum Gasteiger partial charge on any atom is -0.444 e. The zero-order valence-corrected chi connectivity index (χ0v) is 16.7. The molecule has 0 saturated heterocycles. The van der Waals surface area contributed by atoms with Crippen LogP contribution in [0.15, 0.2) is 24.3 Å². The smallest absolute Gasteiger partial charge is 0.444 e. The van der Waals surface area contributed by atoms with Crippen LogP contribution in [-0.4, -0.2) is 28.2 Å². The van der Waals surface area contributed by atoms with Crippen LogP contribution < -0.4 is 57.0 Å². The molecule has 0 N–H and O–H groups in total. The number of nitro groups is 1. The van der Waals surface area contributed by atoms with Crippen LogP contribution in [0.3, 0.4) is 0 Å². The molecule has 6 nitrogen and oxygen atoms in total. The zero-order valence-electron chi connectivity index (χ0n) is 13.5. The maximum atomic E-state index is 13.2. The average Bonchev–Trinajstić information content (AvgIpc) is 2.74. The van der Waals surface area contributed by atoms with Crippen molar-refractivity contribution in [3.05, 3.63) is 34.4 Å². The van der Waals surface area contributed by atoms with Crippen molar-refractivity contribution in [1.82, 2.24) is 4.57 Å². The summed E-state index contributed by atoms with van der Waals surface area (Å²) >= 11 is 0. The molecular weight excluding hydrogens is 355 g/mol. The molecule has 2 rings (SSSR count). The van der Waals surface area contributed by atoms with Gasteiger partial charge in [0.15, 0.2) is 0 Å². The fourth-order valence-corrected chi connectivity index (χ4v) is 2.09. The Morgan fingerprint density at radius 1 is 1.25 bits per heavy atom. The molecular formula is C13H13BF3KN2O4. The van der Waals surface area contributed by atoms with E-state index in [0.29, 0.717) is 10.6 Å². The number of ether oxygens (including phenoxy) is 1. The van der Waals surface area contributed by atoms with Crippen molar-refractivity contribution in [2.45, 2.75) is 26.4 Å². The molecule has 0 atom stereocenters. The molecule has 0 aliphatic carbocycles. The van der Waals surface area contributed by atoms with Crippen molar-refractivity contribution in [3.8, 4) is 0 Å². The number of rotatable bonds is 2. The second kappa shape index (κ2) is 7.16. The molecule has 0 aliphatic rings. The molecule has 0 spiro atoms. The largest absolute Gasteiger partial charge is 1.00 e. The van der Waals surface area contributed by atoms with Gasteiger partial charge in [0.2, 0.25) is 0 Å². The topological polar surface area (TPSA) is 74.4 Å². The Labute approximate surface area is 178 Å². The van der Waals surface area contributed by atoms with Gasteiger partial charge >= 0.3 is 64.5 Å². The van der Waals surface area contributed by atoms with Gasteiger partial charge in [-0.05, 0) is 32.4 Å². The van der Waals surface area contributed by atoms with Gasteiger partial charge in [-0.2, -0.15) is 0 Å². The molecule has 2 aromatic rings. The van der Waals surface area contributed by atoms with E-state index in [4.69, 9.17) is 4.74 Å². The van der Waals surface area contributed by atoms with Crippen LogP contribution >= 0.6 is 0 Å². The Kier molecular flexibility index (Phi) is 6.32. The van der Waals surface area contributed by atoms with Gasteiger partial charge in [-0.15, -0.1) is 0 Å². The number of carbonyl (C=O) groups excluding carboxylic acids is 1. The minimum absolute atomic E-state index is 0. The third kappa shape index (κ3) is 4.60. The quantitative estimate of drug-likeness (QED) is 0.437. The predicted octanol–water partition coefficient (Wildman–Crippen LogP) is 0.391. The van der Waals surface area contributed by atoms with Crippen LogP contribution in [0.1, 0.15) is 20.8 Å². The average molecular weight is 368 g/mol. The third-order valence-electron chi connectivity index (χ3n) is 2.94. The van der Waals surface area contributed by atoms with Gasteiger partial charge in [0.05, 0.1) is 10.4 Å². The van der Waals surface area contributed by atoms with Crippen molar-refractivity contribution in [3.63, 3.8) is 0 Å². The van der Waals surface area contributed by atoms with Crippen molar-refractivity contribution in [1.29, 1.82) is 0 Å². The van der Waals surface area contributed by atoms with Crippen molar-refractivity contribution >= 4 is 35.3 Å². The van der Waals surface area contributed by atoms with E-state index in [1.807, 2.05) is 0 Å². The van der Waals surface area contributed by atoms with Gasteiger partial charge in [0, 0.05) is 17.5 Å². The first-order valence-electron chi connectivity index (χ1n) is 6.63. The first kappa shape index (κ1) is 21.2. The summed E-state index contributed by atoms with van der Waals surface area (Å²) in [6.45, 7) is -0.923. The molecule has 0 amide bonds. The predicted molar refractivity (Wildman–Crippen MR) is 78.9 cm³/mol. The van der Waals surface area contributed by atoms with E-state index in [2.05, 4.69) is 0 Å². The van der Waals surface area contributed by atoms with Crippen molar-refractivity contribution in [2.24, 2.45) is 0 Å². The second-order valence-electron chi connectivity index (χ2n) is 5.96. The molecule has 1 heterocycles. The van der Waals surface area contributed by atoms with Crippen LogP contribution in [0, 0.1) is 10.1 Å². The Balaban J connectivity index is 0.00000288. The number of fused-ring (bicyclic) bond motifs is 1. The molecule has 0 fully saturated rings. The molecule has 0 radical (unpaired) electrons. The first-order chi connectivity index (χ1) is 10.4. The summed E-state index contributed by atoms with van der Waals surface area (Å²) in [6, 6.07) is 3.84. The van der Waals surface area contributed by atoms with Crippen LogP contribution in [0.2, 0.25) is 0 Å². The van der Waals surface area contributed by atoms with E-state index in [1.54, 1.807) is 0 Å². The fraction of sp³-hybridized carbons (Fsp3) is 0.308. The minimum atomic E-state index is -5.51. The number of aromatic nitrogens is 1. The molecule has 0 saturated carbocycles. The number of carbonyl (C=O) groups is 1. The second-order valence-corrected chi connectivity index (χ2v) is 5.96. The summed E-state index contributed by atoms with van der Waals surface area (Å²) in [7, 11) is 0. The number of hydrogen-bond acceptors (Lipinski definition) is 4. The van der Waals surface area contributed by atoms with Gasteiger partial charge in [-0.3, -0.25) is 14.7 Å². The Bertz CT molecular complexity index is 799. The summed E-state index contributed by atoms with van der Waals surface area (Å²) in [4.78, 5) is 22.2. The molecule has 24 heavy (non-hydrogen) atoms. The Morgan fingerprint density at radius 3 is 2.29 bits per heavy atom. The van der Waals surface area contributed by atoms with Gasteiger partial charge in [-0.1, -0.05) is 6.07 Å². The summed E-state index contributed by atoms with van der Waals surface area (Å²) in [6.07, 6.45) is -1.18. The normalized spacial score (nSPS) is 11.9. The first-order valence-corrected chi connectivity index (χ1v) is 6.63. The summed E-state index contributed by atoms with van der Waals surface area (Å²) < 4.78 is 45.1. The molecule has 1 aromatic carbocycles. The SMILES string of the molecule is CC(C)(C)OC(=O)n1c([B-](F)(F)F)cc2cc([N+](=O)[O-])ccc21.[K+]. The van der Waals surface area contributed by atoms with E-state index in [0.717, 1.165) is 18.2 Å². The van der Waals surface area contributed by atoms with Crippen LogP contribution in [-0.2, 0) is 4.74 Å². The van der Waals surface area contributed by atoms with Gasteiger partial charge in [0.25, 0.3) is 5.69 Å². The number of nitrogens with zero attached hydrogens (tertiary/aromatic N) is 2. The third-order valence-corrected chi connectivity index (χ3v) is 2.94. The van der Waals surface area contributed by atoms with E-state index >= 15 is 0 Å². The Morgan fingerprint density at radius 2 is 1.83 bits per heavy atom. The Hall–Kier alpha value is -0.879. The number of halogens is 3. The van der Waals surface area contributed by atoms with E-state index < -0.39 is 29.2 Å².